The van der Waals surface area contributed by atoms with Gasteiger partial charge < -0.3 is 10.2 Å². The minimum absolute atomic E-state index is 0.0214. The van der Waals surface area contributed by atoms with E-state index in [-0.39, 0.29) is 11.8 Å². The first-order chi connectivity index (χ1) is 17.5. The number of amides is 2. The highest BCUT2D eigenvalue weighted by molar-refractivity contribution is 9.10. The molecule has 4 nitrogen and oxygen atoms in total. The maximum absolute atomic E-state index is 13.7. The van der Waals surface area contributed by atoms with E-state index in [2.05, 4.69) is 40.3 Å². The summed E-state index contributed by atoms with van der Waals surface area (Å²) in [5.41, 5.74) is 4.38. The fourth-order valence-corrected chi connectivity index (χ4v) is 5.09. The molecule has 2 amide bonds. The highest BCUT2D eigenvalue weighted by Gasteiger charge is 2.30. The number of halogens is 1. The van der Waals surface area contributed by atoms with Gasteiger partial charge in [-0.2, -0.15) is 0 Å². The normalized spacial score (nSPS) is 11.6. The Hall–Kier alpha value is -2.57. The van der Waals surface area contributed by atoms with Gasteiger partial charge in [-0.15, -0.1) is 11.8 Å². The molecule has 1 N–H and O–H groups in total. The van der Waals surface area contributed by atoms with Crippen molar-refractivity contribution < 1.29 is 9.59 Å². The van der Waals surface area contributed by atoms with Crippen LogP contribution in [0.4, 0.5) is 0 Å². The van der Waals surface area contributed by atoms with Crippen molar-refractivity contribution in [3.63, 3.8) is 0 Å². The fourth-order valence-electron chi connectivity index (χ4n) is 3.95. The van der Waals surface area contributed by atoms with Crippen LogP contribution in [0.15, 0.2) is 83.3 Å². The van der Waals surface area contributed by atoms with Crippen molar-refractivity contribution in [2.75, 3.05) is 12.3 Å². The first kappa shape index (κ1) is 28.0. The summed E-state index contributed by atoms with van der Waals surface area (Å²) >= 11 is 5.05. The zero-order chi connectivity index (χ0) is 25.8. The Bertz CT molecular complexity index is 1110. The monoisotopic (exact) mass is 566 g/mol. The van der Waals surface area contributed by atoms with E-state index in [0.29, 0.717) is 25.3 Å². The van der Waals surface area contributed by atoms with Crippen molar-refractivity contribution in [3.05, 3.63) is 106 Å². The third-order valence-corrected chi connectivity index (χ3v) is 7.63. The molecule has 0 aliphatic rings. The Morgan fingerprint density at radius 2 is 1.64 bits per heavy atom. The smallest absolute Gasteiger partial charge is 0.243 e. The molecule has 6 heteroatoms. The van der Waals surface area contributed by atoms with E-state index in [1.54, 1.807) is 16.7 Å². The third-order valence-electron chi connectivity index (χ3n) is 6.11. The SMILES string of the molecule is CCCCNC(=O)C(Cc1ccccc1)N(Cc1ccccc1C)C(=O)CSCc1ccc(Br)cc1. The second kappa shape index (κ2) is 14.9. The van der Waals surface area contributed by atoms with E-state index >= 15 is 0 Å². The van der Waals surface area contributed by atoms with Crippen molar-refractivity contribution in [2.45, 2.75) is 51.4 Å². The number of thioether (sulfide) groups is 1. The Kier molecular flexibility index (Phi) is 11.6. The third kappa shape index (κ3) is 8.82. The van der Waals surface area contributed by atoms with E-state index in [0.717, 1.165) is 39.8 Å². The average molecular weight is 568 g/mol. The van der Waals surface area contributed by atoms with Gasteiger partial charge in [0.05, 0.1) is 5.75 Å². The quantitative estimate of drug-likeness (QED) is 0.239. The number of rotatable bonds is 13. The number of nitrogens with zero attached hydrogens (tertiary/aromatic N) is 1. The Labute approximate surface area is 228 Å². The minimum atomic E-state index is -0.579. The van der Waals surface area contributed by atoms with Crippen molar-refractivity contribution in [2.24, 2.45) is 0 Å². The van der Waals surface area contributed by atoms with Gasteiger partial charge in [0.25, 0.3) is 0 Å². The molecule has 1 unspecified atom stereocenters. The number of hydrogen-bond acceptors (Lipinski definition) is 3. The molecule has 0 heterocycles. The van der Waals surface area contributed by atoms with E-state index in [1.807, 2.05) is 73.7 Å². The van der Waals surface area contributed by atoms with Crippen LogP contribution in [0.2, 0.25) is 0 Å². The molecule has 0 aliphatic carbocycles. The Morgan fingerprint density at radius 1 is 0.944 bits per heavy atom. The van der Waals surface area contributed by atoms with Crippen LogP contribution in [-0.2, 0) is 28.3 Å². The van der Waals surface area contributed by atoms with Crippen molar-refractivity contribution in [1.82, 2.24) is 10.2 Å². The van der Waals surface area contributed by atoms with Gasteiger partial charge in [0.15, 0.2) is 0 Å². The first-order valence-electron chi connectivity index (χ1n) is 12.5. The van der Waals surface area contributed by atoms with E-state index in [4.69, 9.17) is 0 Å². The molecule has 0 spiro atoms. The summed E-state index contributed by atoms with van der Waals surface area (Å²) in [5.74, 6) is 0.942. The van der Waals surface area contributed by atoms with Crippen LogP contribution in [0.5, 0.6) is 0 Å². The summed E-state index contributed by atoms with van der Waals surface area (Å²) in [6.45, 7) is 5.17. The molecular formula is C30H35BrN2O2S. The van der Waals surface area contributed by atoms with Gasteiger partial charge >= 0.3 is 0 Å². The molecule has 3 aromatic carbocycles. The Morgan fingerprint density at radius 3 is 2.33 bits per heavy atom. The van der Waals surface area contributed by atoms with Crippen LogP contribution in [0.1, 0.15) is 42.0 Å². The second-order valence-electron chi connectivity index (χ2n) is 8.92. The van der Waals surface area contributed by atoms with Crippen LogP contribution in [0.3, 0.4) is 0 Å². The molecule has 0 fully saturated rings. The molecule has 1 atom stereocenters. The number of carbonyl (C=O) groups excluding carboxylic acids is 2. The van der Waals surface area contributed by atoms with Crippen LogP contribution in [0, 0.1) is 6.92 Å². The number of aryl methyl sites for hydroxylation is 1. The van der Waals surface area contributed by atoms with Gasteiger partial charge in [0.1, 0.15) is 6.04 Å². The van der Waals surface area contributed by atoms with Crippen molar-refractivity contribution in [3.8, 4) is 0 Å². The second-order valence-corrected chi connectivity index (χ2v) is 10.8. The van der Waals surface area contributed by atoms with Crippen LogP contribution in [-0.4, -0.2) is 35.1 Å². The molecule has 0 aromatic heterocycles. The average Bonchev–Trinajstić information content (AvgIpc) is 2.89. The van der Waals surface area contributed by atoms with E-state index in [9.17, 15) is 9.59 Å². The predicted molar refractivity (Wildman–Crippen MR) is 154 cm³/mol. The number of nitrogens with one attached hydrogen (secondary N) is 1. The van der Waals surface area contributed by atoms with Gasteiger partial charge in [0.2, 0.25) is 11.8 Å². The van der Waals surface area contributed by atoms with Crippen LogP contribution in [0.25, 0.3) is 0 Å². The van der Waals surface area contributed by atoms with Gasteiger partial charge in [-0.1, -0.05) is 96.0 Å². The summed E-state index contributed by atoms with van der Waals surface area (Å²) in [5, 5.41) is 3.08. The highest BCUT2D eigenvalue weighted by atomic mass is 79.9. The molecule has 190 valence electrons. The Balaban J connectivity index is 1.83. The number of unbranched alkanes of at least 4 members (excludes halogenated alkanes) is 1. The lowest BCUT2D eigenvalue weighted by molar-refractivity contribution is -0.139. The number of hydrogen-bond donors (Lipinski definition) is 1. The molecule has 0 saturated carbocycles. The van der Waals surface area contributed by atoms with E-state index in [1.165, 1.54) is 5.56 Å². The highest BCUT2D eigenvalue weighted by Crippen LogP contribution is 2.20. The summed E-state index contributed by atoms with van der Waals surface area (Å²) in [4.78, 5) is 28.9. The predicted octanol–water partition coefficient (Wildman–Crippen LogP) is 6.55. The first-order valence-corrected chi connectivity index (χ1v) is 14.4. The maximum Gasteiger partial charge on any atom is 0.243 e. The molecule has 0 aliphatic heterocycles. The van der Waals surface area contributed by atoms with Gasteiger partial charge in [-0.3, -0.25) is 9.59 Å². The lowest BCUT2D eigenvalue weighted by atomic mass is 10.0. The number of carbonyl (C=O) groups is 2. The molecular weight excluding hydrogens is 532 g/mol. The van der Waals surface area contributed by atoms with Gasteiger partial charge in [-0.25, -0.2) is 0 Å². The van der Waals surface area contributed by atoms with Gasteiger partial charge in [0, 0.05) is 29.7 Å². The topological polar surface area (TPSA) is 49.4 Å². The zero-order valence-corrected chi connectivity index (χ0v) is 23.5. The molecule has 36 heavy (non-hydrogen) atoms. The minimum Gasteiger partial charge on any atom is -0.354 e. The summed E-state index contributed by atoms with van der Waals surface area (Å²) in [6.07, 6.45) is 2.40. The van der Waals surface area contributed by atoms with Gasteiger partial charge in [-0.05, 0) is 47.7 Å². The summed E-state index contributed by atoms with van der Waals surface area (Å²) < 4.78 is 1.04. The maximum atomic E-state index is 13.7. The number of benzene rings is 3. The molecule has 0 saturated heterocycles. The summed E-state index contributed by atoms with van der Waals surface area (Å²) in [7, 11) is 0. The van der Waals surface area contributed by atoms with Crippen molar-refractivity contribution >= 4 is 39.5 Å². The lowest BCUT2D eigenvalue weighted by Gasteiger charge is -2.32. The summed E-state index contributed by atoms with van der Waals surface area (Å²) in [6, 6.07) is 25.6. The van der Waals surface area contributed by atoms with Crippen LogP contribution < -0.4 is 5.32 Å². The molecule has 3 rings (SSSR count). The fraction of sp³-hybridized carbons (Fsp3) is 0.333. The largest absolute Gasteiger partial charge is 0.354 e. The van der Waals surface area contributed by atoms with Crippen LogP contribution >= 0.6 is 27.7 Å². The molecule has 0 radical (unpaired) electrons. The molecule has 3 aromatic rings. The lowest BCUT2D eigenvalue weighted by Crippen LogP contribution is -2.51. The molecule has 0 bridgehead atoms. The zero-order valence-electron chi connectivity index (χ0n) is 21.1. The standard InChI is InChI=1S/C30H35BrN2O2S/c1-3-4-18-32-30(35)28(19-24-11-6-5-7-12-24)33(20-26-13-9-8-10-23(26)2)29(34)22-36-21-25-14-16-27(31)17-15-25/h5-17,28H,3-4,18-22H2,1-2H3,(H,32,35). The van der Waals surface area contributed by atoms with Crippen molar-refractivity contribution in [1.29, 1.82) is 0 Å². The van der Waals surface area contributed by atoms with E-state index < -0.39 is 6.04 Å².